The summed E-state index contributed by atoms with van der Waals surface area (Å²) in [5.74, 6) is 0.0769. The Morgan fingerprint density at radius 3 is 2.76 bits per heavy atom. The fourth-order valence-corrected chi connectivity index (χ4v) is 2.76. The van der Waals surface area contributed by atoms with Crippen molar-refractivity contribution >= 4 is 17.6 Å². The molecule has 0 atom stereocenters. The number of amides is 3. The van der Waals surface area contributed by atoms with Gasteiger partial charge in [-0.05, 0) is 31.0 Å². The average Bonchev–Trinajstić information content (AvgIpc) is 3.15. The zero-order valence-corrected chi connectivity index (χ0v) is 13.6. The van der Waals surface area contributed by atoms with E-state index in [2.05, 4.69) is 20.7 Å². The van der Waals surface area contributed by atoms with E-state index in [4.69, 9.17) is 10.5 Å². The lowest BCUT2D eigenvalue weighted by Crippen LogP contribution is -2.50. The highest BCUT2D eigenvalue weighted by Gasteiger charge is 2.38. The SMILES string of the molecule is NC(=O)C1(CNC(=O)Nc2cccnc2-n2cccn2)CCOCC1. The molecule has 9 heteroatoms. The van der Waals surface area contributed by atoms with Crippen molar-refractivity contribution in [2.75, 3.05) is 25.1 Å². The molecule has 0 spiro atoms. The molecule has 25 heavy (non-hydrogen) atoms. The van der Waals surface area contributed by atoms with Gasteiger partial charge in [0.15, 0.2) is 5.82 Å². The number of nitrogens with two attached hydrogens (primary N) is 1. The summed E-state index contributed by atoms with van der Waals surface area (Å²) in [5.41, 5.74) is 5.28. The van der Waals surface area contributed by atoms with Gasteiger partial charge in [-0.15, -0.1) is 0 Å². The summed E-state index contributed by atoms with van der Waals surface area (Å²) in [6, 6.07) is 4.77. The van der Waals surface area contributed by atoms with Crippen LogP contribution in [0.2, 0.25) is 0 Å². The zero-order chi connectivity index (χ0) is 17.7. The monoisotopic (exact) mass is 344 g/mol. The third-order valence-electron chi connectivity index (χ3n) is 4.32. The van der Waals surface area contributed by atoms with Gasteiger partial charge < -0.3 is 21.1 Å². The Kier molecular flexibility index (Phi) is 4.94. The number of aromatic nitrogens is 3. The maximum Gasteiger partial charge on any atom is 0.319 e. The standard InChI is InChI=1S/C16H20N6O3/c17-14(23)16(4-9-25-10-5-16)11-19-15(24)21-12-3-1-6-18-13(12)22-8-2-7-20-22/h1-3,6-8H,4-5,9-11H2,(H2,17,23)(H2,19,21,24). The summed E-state index contributed by atoms with van der Waals surface area (Å²) >= 11 is 0. The van der Waals surface area contributed by atoms with Crippen molar-refractivity contribution in [3.63, 3.8) is 0 Å². The van der Waals surface area contributed by atoms with Crippen LogP contribution in [0, 0.1) is 5.41 Å². The number of nitrogens with one attached hydrogen (secondary N) is 2. The minimum atomic E-state index is -0.769. The molecule has 1 saturated heterocycles. The number of ether oxygens (including phenoxy) is 1. The molecule has 132 valence electrons. The van der Waals surface area contributed by atoms with Gasteiger partial charge in [-0.2, -0.15) is 5.10 Å². The van der Waals surface area contributed by atoms with Gasteiger partial charge in [0.2, 0.25) is 5.91 Å². The first kappa shape index (κ1) is 16.9. The van der Waals surface area contributed by atoms with Crippen molar-refractivity contribution in [3.8, 4) is 5.82 Å². The van der Waals surface area contributed by atoms with Gasteiger partial charge in [0.25, 0.3) is 0 Å². The van der Waals surface area contributed by atoms with E-state index in [1.54, 1.807) is 41.5 Å². The van der Waals surface area contributed by atoms with Crippen LogP contribution in [0.5, 0.6) is 0 Å². The molecule has 4 N–H and O–H groups in total. The molecule has 1 aliphatic rings. The van der Waals surface area contributed by atoms with Crippen molar-refractivity contribution in [1.82, 2.24) is 20.1 Å². The molecule has 0 aliphatic carbocycles. The number of primary amides is 1. The van der Waals surface area contributed by atoms with Crippen LogP contribution < -0.4 is 16.4 Å². The molecule has 0 bridgehead atoms. The molecule has 9 nitrogen and oxygen atoms in total. The van der Waals surface area contributed by atoms with Crippen LogP contribution in [0.3, 0.4) is 0 Å². The first-order valence-corrected chi connectivity index (χ1v) is 7.98. The third-order valence-corrected chi connectivity index (χ3v) is 4.32. The first-order chi connectivity index (χ1) is 12.1. The molecule has 0 aromatic carbocycles. The van der Waals surface area contributed by atoms with Crippen molar-refractivity contribution < 1.29 is 14.3 Å². The molecule has 1 fully saturated rings. The summed E-state index contributed by atoms with van der Waals surface area (Å²) < 4.78 is 6.83. The normalized spacial score (nSPS) is 16.2. The van der Waals surface area contributed by atoms with E-state index >= 15 is 0 Å². The lowest BCUT2D eigenvalue weighted by molar-refractivity contribution is -0.132. The Morgan fingerprint density at radius 2 is 2.08 bits per heavy atom. The van der Waals surface area contributed by atoms with Crippen LogP contribution in [-0.2, 0) is 9.53 Å². The molecule has 1 aliphatic heterocycles. The van der Waals surface area contributed by atoms with Gasteiger partial charge in [0.1, 0.15) is 0 Å². The second-order valence-corrected chi connectivity index (χ2v) is 5.89. The van der Waals surface area contributed by atoms with Crippen LogP contribution in [0.1, 0.15) is 12.8 Å². The second kappa shape index (κ2) is 7.31. The average molecular weight is 344 g/mol. The van der Waals surface area contributed by atoms with E-state index in [-0.39, 0.29) is 6.54 Å². The smallest absolute Gasteiger partial charge is 0.319 e. The predicted molar refractivity (Wildman–Crippen MR) is 90.1 cm³/mol. The Bertz CT molecular complexity index is 740. The second-order valence-electron chi connectivity index (χ2n) is 5.89. The van der Waals surface area contributed by atoms with Gasteiger partial charge >= 0.3 is 6.03 Å². The first-order valence-electron chi connectivity index (χ1n) is 7.98. The topological polar surface area (TPSA) is 124 Å². The highest BCUT2D eigenvalue weighted by atomic mass is 16.5. The minimum absolute atomic E-state index is 0.162. The number of rotatable bonds is 5. The molecule has 2 aromatic rings. The lowest BCUT2D eigenvalue weighted by Gasteiger charge is -2.34. The minimum Gasteiger partial charge on any atom is -0.381 e. The highest BCUT2D eigenvalue weighted by Crippen LogP contribution is 2.29. The molecule has 0 saturated carbocycles. The summed E-state index contributed by atoms with van der Waals surface area (Å²) in [7, 11) is 0. The molecule has 3 heterocycles. The predicted octanol–water partition coefficient (Wildman–Crippen LogP) is 0.671. The summed E-state index contributed by atoms with van der Waals surface area (Å²) in [6.45, 7) is 1.07. The van der Waals surface area contributed by atoms with Crippen LogP contribution in [0.15, 0.2) is 36.8 Å². The molecule has 3 amide bonds. The fraction of sp³-hybridized carbons (Fsp3) is 0.375. The van der Waals surface area contributed by atoms with E-state index in [0.717, 1.165) is 0 Å². The Balaban J connectivity index is 1.66. The number of pyridine rings is 1. The highest BCUT2D eigenvalue weighted by molar-refractivity contribution is 5.91. The zero-order valence-electron chi connectivity index (χ0n) is 13.6. The largest absolute Gasteiger partial charge is 0.381 e. The maximum absolute atomic E-state index is 12.3. The van der Waals surface area contributed by atoms with E-state index in [1.807, 2.05) is 0 Å². The van der Waals surface area contributed by atoms with Gasteiger partial charge in [0.05, 0.1) is 11.1 Å². The van der Waals surface area contributed by atoms with Crippen molar-refractivity contribution in [2.24, 2.45) is 11.1 Å². The molecular formula is C16H20N6O3. The lowest BCUT2D eigenvalue weighted by atomic mass is 9.79. The van der Waals surface area contributed by atoms with E-state index in [1.165, 1.54) is 0 Å². The van der Waals surface area contributed by atoms with Crippen LogP contribution in [0.25, 0.3) is 5.82 Å². The number of urea groups is 1. The van der Waals surface area contributed by atoms with Crippen molar-refractivity contribution in [1.29, 1.82) is 0 Å². The molecule has 0 unspecified atom stereocenters. The van der Waals surface area contributed by atoms with Crippen molar-refractivity contribution in [3.05, 3.63) is 36.8 Å². The Morgan fingerprint density at radius 1 is 1.28 bits per heavy atom. The molecular weight excluding hydrogens is 324 g/mol. The number of nitrogens with zero attached hydrogens (tertiary/aromatic N) is 3. The number of carbonyl (C=O) groups excluding carboxylic acids is 2. The number of anilines is 1. The van der Waals surface area contributed by atoms with Gasteiger partial charge in [-0.3, -0.25) is 4.79 Å². The molecule has 0 radical (unpaired) electrons. The number of hydrogen-bond acceptors (Lipinski definition) is 5. The van der Waals surface area contributed by atoms with E-state index < -0.39 is 17.4 Å². The molecule has 3 rings (SSSR count). The van der Waals surface area contributed by atoms with Gasteiger partial charge in [0, 0.05) is 38.3 Å². The maximum atomic E-state index is 12.3. The van der Waals surface area contributed by atoms with Crippen LogP contribution in [0.4, 0.5) is 10.5 Å². The van der Waals surface area contributed by atoms with Gasteiger partial charge in [-0.1, -0.05) is 0 Å². The van der Waals surface area contributed by atoms with Crippen LogP contribution >= 0.6 is 0 Å². The Labute approximate surface area is 144 Å². The van der Waals surface area contributed by atoms with Crippen molar-refractivity contribution in [2.45, 2.75) is 12.8 Å². The van der Waals surface area contributed by atoms with Gasteiger partial charge in [-0.25, -0.2) is 14.5 Å². The quantitative estimate of drug-likeness (QED) is 0.735. The molecule has 2 aromatic heterocycles. The third kappa shape index (κ3) is 3.77. The number of hydrogen-bond donors (Lipinski definition) is 3. The fourth-order valence-electron chi connectivity index (χ4n) is 2.76. The van der Waals surface area contributed by atoms with E-state index in [9.17, 15) is 9.59 Å². The summed E-state index contributed by atoms with van der Waals surface area (Å²) in [5, 5.41) is 9.58. The van der Waals surface area contributed by atoms with Crippen LogP contribution in [-0.4, -0.2) is 46.5 Å². The summed E-state index contributed by atoms with van der Waals surface area (Å²) in [4.78, 5) is 28.3. The number of carbonyl (C=O) groups is 2. The Hall–Kier alpha value is -2.94. The van der Waals surface area contributed by atoms with E-state index in [0.29, 0.717) is 37.6 Å². The summed E-state index contributed by atoms with van der Waals surface area (Å²) in [6.07, 6.45) is 5.96.